The van der Waals surface area contributed by atoms with E-state index in [1.54, 1.807) is 32.0 Å². The zero-order valence-electron chi connectivity index (χ0n) is 64.3. The lowest BCUT2D eigenvalue weighted by Crippen LogP contribution is -2.63. The molecule has 640 valence electrons. The van der Waals surface area contributed by atoms with Crippen molar-refractivity contribution in [2.75, 3.05) is 26.4 Å². The Bertz CT molecular complexity index is 3890. The second kappa shape index (κ2) is 48.7. The van der Waals surface area contributed by atoms with Gasteiger partial charge in [0.1, 0.15) is 84.3 Å². The maximum Gasteiger partial charge on any atom is 0.326 e. The number of nitrogens with two attached hydrogens (primary N) is 1. The van der Waals surface area contributed by atoms with Crippen LogP contribution in [-0.2, 0) is 106 Å². The first kappa shape index (κ1) is 97.9. The minimum absolute atomic E-state index is 0.0134. The number of imidazole rings is 1. The van der Waals surface area contributed by atoms with Gasteiger partial charge in [0.05, 0.1) is 63.1 Å². The highest BCUT2D eigenvalue weighted by Gasteiger charge is 2.40. The van der Waals surface area contributed by atoms with E-state index < -0.39 is 281 Å². The van der Waals surface area contributed by atoms with E-state index >= 15 is 0 Å². The van der Waals surface area contributed by atoms with Crippen LogP contribution in [0.15, 0.2) is 67.1 Å². The summed E-state index contributed by atoms with van der Waals surface area (Å²) in [5.74, 6) is -24.5. The van der Waals surface area contributed by atoms with Crippen molar-refractivity contribution in [2.45, 2.75) is 203 Å². The van der Waals surface area contributed by atoms with Crippen LogP contribution in [0.4, 0.5) is 0 Å². The van der Waals surface area contributed by atoms with E-state index in [0.717, 1.165) is 13.8 Å². The van der Waals surface area contributed by atoms with Crippen LogP contribution in [0, 0.1) is 11.8 Å². The fourth-order valence-electron chi connectivity index (χ4n) is 10.8. The van der Waals surface area contributed by atoms with Gasteiger partial charge in [-0.05, 0) is 75.1 Å². The number of aliphatic hydroxyl groups excluding tert-OH is 5. The molecule has 1 heterocycles. The molecule has 1 aromatic heterocycles. The van der Waals surface area contributed by atoms with Crippen LogP contribution in [0.2, 0.25) is 0 Å². The molecular formula is C71H103N17O28. The van der Waals surface area contributed by atoms with Crippen molar-refractivity contribution in [3.8, 4) is 5.75 Å². The molecule has 0 aliphatic rings. The molecule has 16 unspecified atom stereocenters. The lowest BCUT2D eigenvalue weighted by molar-refractivity contribution is -0.144. The number of aromatic amines is 1. The molecule has 116 heavy (non-hydrogen) atoms. The molecule has 14 amide bonds. The number of benzene rings is 2. The largest absolute Gasteiger partial charge is 0.508 e. The molecule has 2 aromatic carbocycles. The number of aliphatic carboxylic acids is 4. The molecule has 0 bridgehead atoms. The number of aliphatic hydroxyl groups is 5. The predicted octanol–water partition coefficient (Wildman–Crippen LogP) is -9.36. The Hall–Kier alpha value is -12.3. The molecule has 3 rings (SSSR count). The molecule has 0 spiro atoms. The molecule has 0 radical (unpaired) electrons. The number of phenolic OH excluding ortho intramolecular Hbond substituents is 1. The summed E-state index contributed by atoms with van der Waals surface area (Å²) in [5, 5.41) is 132. The topological polar surface area (TPSA) is 733 Å². The quantitative estimate of drug-likeness (QED) is 0.0250. The molecule has 3 aromatic rings. The summed E-state index contributed by atoms with van der Waals surface area (Å²) in [6, 6.07) is -12.0. The molecule has 0 saturated heterocycles. The Balaban J connectivity index is 1.78. The van der Waals surface area contributed by atoms with E-state index in [0.29, 0.717) is 16.8 Å². The van der Waals surface area contributed by atoms with Gasteiger partial charge in [0.2, 0.25) is 82.7 Å². The second-order valence-corrected chi connectivity index (χ2v) is 27.7. The lowest BCUT2D eigenvalue weighted by Gasteiger charge is -2.29. The Morgan fingerprint density at radius 3 is 1.28 bits per heavy atom. The minimum Gasteiger partial charge on any atom is -0.508 e. The van der Waals surface area contributed by atoms with Crippen LogP contribution in [0.3, 0.4) is 0 Å². The van der Waals surface area contributed by atoms with Crippen LogP contribution in [0.25, 0.3) is 0 Å². The summed E-state index contributed by atoms with van der Waals surface area (Å²) >= 11 is 0. The van der Waals surface area contributed by atoms with Crippen LogP contribution in [-0.4, -0.2) is 291 Å². The first-order valence-corrected chi connectivity index (χ1v) is 36.3. The maximum absolute atomic E-state index is 14.2. The van der Waals surface area contributed by atoms with Crippen molar-refractivity contribution in [1.82, 2.24) is 84.4 Å². The minimum atomic E-state index is -2.17. The van der Waals surface area contributed by atoms with Gasteiger partial charge >= 0.3 is 23.9 Å². The molecule has 16 atom stereocenters. The van der Waals surface area contributed by atoms with Crippen LogP contribution < -0.4 is 80.2 Å². The van der Waals surface area contributed by atoms with Crippen molar-refractivity contribution < 1.29 is 137 Å². The first-order valence-electron chi connectivity index (χ1n) is 36.3. The molecule has 45 heteroatoms. The Kier molecular flexibility index (Phi) is 41.1. The number of carbonyl (C=O) groups excluding carboxylic acids is 14. The summed E-state index contributed by atoms with van der Waals surface area (Å²) in [4.78, 5) is 245. The fourth-order valence-corrected chi connectivity index (χ4v) is 10.8. The zero-order valence-corrected chi connectivity index (χ0v) is 64.3. The monoisotopic (exact) mass is 1640 g/mol. The normalized spacial score (nSPS) is 15.3. The molecule has 0 saturated carbocycles. The number of carbonyl (C=O) groups is 18. The highest BCUT2D eigenvalue weighted by atomic mass is 16.4. The smallest absolute Gasteiger partial charge is 0.326 e. The molecule has 0 fully saturated rings. The van der Waals surface area contributed by atoms with Crippen LogP contribution in [0.5, 0.6) is 5.75 Å². The van der Waals surface area contributed by atoms with Crippen LogP contribution in [0.1, 0.15) is 104 Å². The van der Waals surface area contributed by atoms with Crippen molar-refractivity contribution in [1.29, 1.82) is 0 Å². The number of carboxylic acids is 4. The van der Waals surface area contributed by atoms with Crippen molar-refractivity contribution >= 4 is 107 Å². The number of aromatic nitrogens is 2. The highest BCUT2D eigenvalue weighted by molar-refractivity contribution is 6.01. The van der Waals surface area contributed by atoms with Crippen molar-refractivity contribution in [3.63, 3.8) is 0 Å². The predicted molar refractivity (Wildman–Crippen MR) is 399 cm³/mol. The number of carboxylic acid groups (broad SMARTS) is 4. The van der Waals surface area contributed by atoms with Gasteiger partial charge in [-0.25, -0.2) is 9.78 Å². The van der Waals surface area contributed by atoms with Crippen molar-refractivity contribution in [3.05, 3.63) is 83.9 Å². The first-order chi connectivity index (χ1) is 54.5. The number of nitrogens with one attached hydrogen (secondary N) is 15. The van der Waals surface area contributed by atoms with Gasteiger partial charge in [0.15, 0.2) is 0 Å². The summed E-state index contributed by atoms with van der Waals surface area (Å²) in [6.45, 7) is 4.50. The van der Waals surface area contributed by atoms with Gasteiger partial charge in [0, 0.05) is 38.3 Å². The number of rotatable bonds is 51. The Morgan fingerprint density at radius 1 is 0.414 bits per heavy atom. The molecule has 27 N–H and O–H groups in total. The Morgan fingerprint density at radius 2 is 0.819 bits per heavy atom. The average Bonchev–Trinajstić information content (AvgIpc) is 1.34. The fraction of sp³-hybridized carbons (Fsp3) is 0.535. The SMILES string of the molecule is CC(C)CC(NC(=O)C(Cc1ccc(O)cc1)NC(=O)C(CO)NC(=O)C(CO)NC(=O)C(NC(=O)C(CC(=O)O)NC(=O)C(CO)NC(=O)C(NC(=O)C(Cc1ccccc1)NC(=O)C(NC(=O)CNC(=O)C(CCC(=O)O)NC(=O)C(C)NC(=O)C(N)Cc1c[nH]cn1)C(C)O)C(C)O)C(C)C)C(=O)NC(CCC(=O)O)C(=O)O. The molecule has 45 nitrogen and oxygen atoms in total. The second-order valence-electron chi connectivity index (χ2n) is 27.7. The number of hydrogen-bond acceptors (Lipinski definition) is 26. The van der Waals surface area contributed by atoms with Gasteiger partial charge in [-0.1, -0.05) is 70.2 Å². The van der Waals surface area contributed by atoms with E-state index in [1.807, 2.05) is 10.6 Å². The number of aromatic hydroxyl groups is 1. The van der Waals surface area contributed by atoms with E-state index in [1.165, 1.54) is 69.7 Å². The third kappa shape index (κ3) is 34.2. The number of amides is 14. The third-order valence-electron chi connectivity index (χ3n) is 17.2. The van der Waals surface area contributed by atoms with E-state index in [9.17, 15) is 132 Å². The van der Waals surface area contributed by atoms with E-state index in [2.05, 4.69) is 73.8 Å². The van der Waals surface area contributed by atoms with Crippen molar-refractivity contribution in [2.24, 2.45) is 17.6 Å². The van der Waals surface area contributed by atoms with Gasteiger partial charge in [-0.3, -0.25) is 81.5 Å². The number of hydrogen-bond donors (Lipinski definition) is 26. The summed E-state index contributed by atoms with van der Waals surface area (Å²) in [7, 11) is 0. The Labute approximate surface area is 662 Å². The van der Waals surface area contributed by atoms with Gasteiger partial charge in [-0.15, -0.1) is 0 Å². The molecule has 0 aliphatic carbocycles. The number of H-pyrrole nitrogens is 1. The van der Waals surface area contributed by atoms with E-state index in [-0.39, 0.29) is 24.5 Å². The van der Waals surface area contributed by atoms with Gasteiger partial charge in [0.25, 0.3) is 0 Å². The third-order valence-corrected chi connectivity index (χ3v) is 17.2. The summed E-state index contributed by atoms with van der Waals surface area (Å²) < 4.78 is 0. The molecular weight excluding hydrogens is 1540 g/mol. The number of nitrogens with zero attached hydrogens (tertiary/aromatic N) is 1. The standard InChI is InChI=1S/C71H103N17O28/c1-32(2)21-44(61(105)78-43(71(115)116)18-20-53(98)99)79-62(106)45(23-38-13-15-40(94)16-14-38)80-65(109)48(28-89)83-67(111)50(30-91)84-68(112)55(33(3)4)87-64(108)47(25-54(100)101)81-66(110)49(29-90)85-70(114)57(36(7)93)88-63(107)46(22-37-11-9-8-10-12-37)82-69(113)56(35(6)92)86-51(95)27-74-60(104)42(17-19-52(96)97)77-58(102)34(5)76-59(103)41(72)24-39-26-73-31-75-39/h8-16,26,31-36,41-50,55-57,89-94H,17-25,27-30,72H2,1-7H3,(H,73,75)(H,74,104)(H,76,103)(H,77,102)(H,78,105)(H,79,106)(H,80,109)(H,81,110)(H,82,113)(H,83,111)(H,84,112)(H,85,114)(H,86,95)(H,87,108)(H,88,107)(H,96,97)(H,98,99)(H,100,101)(H,115,116). The lowest BCUT2D eigenvalue weighted by atomic mass is 10.00. The van der Waals surface area contributed by atoms with Crippen LogP contribution >= 0.6 is 0 Å². The van der Waals surface area contributed by atoms with E-state index in [4.69, 9.17) is 10.8 Å². The number of phenols is 1. The summed E-state index contributed by atoms with van der Waals surface area (Å²) in [5.41, 5.74) is 7.02. The zero-order chi connectivity index (χ0) is 87.4. The average molecular weight is 1640 g/mol. The van der Waals surface area contributed by atoms with Gasteiger partial charge in [-0.2, -0.15) is 0 Å². The van der Waals surface area contributed by atoms with Gasteiger partial charge < -0.3 is 136 Å². The highest BCUT2D eigenvalue weighted by Crippen LogP contribution is 2.15. The maximum atomic E-state index is 14.2. The molecule has 0 aliphatic heterocycles. The summed E-state index contributed by atoms with van der Waals surface area (Å²) in [6.07, 6.45) is -5.37.